The van der Waals surface area contributed by atoms with Crippen LogP contribution in [0.4, 0.5) is 0 Å². The zero-order chi connectivity index (χ0) is 16.8. The molecular weight excluding hydrogens is 302 g/mol. The van der Waals surface area contributed by atoms with Crippen LogP contribution in [0.1, 0.15) is 32.3 Å². The van der Waals surface area contributed by atoms with Gasteiger partial charge in [0.2, 0.25) is 6.79 Å². The number of amides is 1. The average Bonchev–Trinajstić information content (AvgIpc) is 2.98. The number of nitrogens with one attached hydrogen (secondary N) is 1. The van der Waals surface area contributed by atoms with Crippen LogP contribution in [0.5, 0.6) is 11.5 Å². The van der Waals surface area contributed by atoms with Crippen molar-refractivity contribution in [1.29, 1.82) is 0 Å². The molecule has 1 N–H and O–H groups in total. The summed E-state index contributed by atoms with van der Waals surface area (Å²) < 4.78 is 15.4. The van der Waals surface area contributed by atoms with Crippen molar-refractivity contribution in [3.63, 3.8) is 0 Å². The van der Waals surface area contributed by atoms with Crippen molar-refractivity contribution in [2.45, 2.75) is 39.3 Å². The van der Waals surface area contributed by atoms with E-state index in [4.69, 9.17) is 14.2 Å². The fourth-order valence-corrected chi connectivity index (χ4v) is 1.97. The number of rotatable bonds is 7. The number of hydrogen-bond acceptors (Lipinski definition) is 6. The third-order valence-electron chi connectivity index (χ3n) is 3.26. The van der Waals surface area contributed by atoms with Crippen LogP contribution in [-0.4, -0.2) is 30.6 Å². The Morgan fingerprint density at radius 1 is 1.22 bits per heavy atom. The van der Waals surface area contributed by atoms with Crippen LogP contribution in [0.2, 0.25) is 0 Å². The van der Waals surface area contributed by atoms with Crippen LogP contribution in [0.3, 0.4) is 0 Å². The highest BCUT2D eigenvalue weighted by Crippen LogP contribution is 2.32. The van der Waals surface area contributed by atoms with Crippen LogP contribution in [0.25, 0.3) is 0 Å². The largest absolute Gasteiger partial charge is 0.454 e. The number of carbonyl (C=O) groups excluding carboxylic acids is 3. The molecule has 0 radical (unpaired) electrons. The summed E-state index contributed by atoms with van der Waals surface area (Å²) in [5.74, 6) is 0.250. The number of ether oxygens (including phenoxy) is 3. The average molecular weight is 321 g/mol. The third-order valence-corrected chi connectivity index (χ3v) is 3.26. The Morgan fingerprint density at radius 2 is 1.96 bits per heavy atom. The van der Waals surface area contributed by atoms with Crippen molar-refractivity contribution in [3.8, 4) is 11.5 Å². The summed E-state index contributed by atoms with van der Waals surface area (Å²) in [5.41, 5.74) is 0.845. The predicted molar refractivity (Wildman–Crippen MR) is 79.9 cm³/mol. The van der Waals surface area contributed by atoms with Crippen molar-refractivity contribution in [1.82, 2.24) is 5.32 Å². The minimum Gasteiger partial charge on any atom is -0.454 e. The molecule has 1 heterocycles. The normalized spacial score (nSPS) is 13.3. The van der Waals surface area contributed by atoms with E-state index in [0.717, 1.165) is 5.56 Å². The van der Waals surface area contributed by atoms with E-state index in [0.29, 0.717) is 11.5 Å². The van der Waals surface area contributed by atoms with Crippen molar-refractivity contribution in [3.05, 3.63) is 23.8 Å². The van der Waals surface area contributed by atoms with Gasteiger partial charge in [-0.1, -0.05) is 6.07 Å². The molecule has 0 unspecified atom stereocenters. The van der Waals surface area contributed by atoms with Crippen molar-refractivity contribution >= 4 is 17.7 Å². The van der Waals surface area contributed by atoms with Crippen molar-refractivity contribution in [2.75, 3.05) is 6.79 Å². The molecule has 23 heavy (non-hydrogen) atoms. The van der Waals surface area contributed by atoms with Gasteiger partial charge >= 0.3 is 5.97 Å². The molecule has 0 spiro atoms. The van der Waals surface area contributed by atoms with E-state index >= 15 is 0 Å². The second-order valence-corrected chi connectivity index (χ2v) is 5.24. The van der Waals surface area contributed by atoms with Gasteiger partial charge in [-0.15, -0.1) is 0 Å². The first-order valence-corrected chi connectivity index (χ1v) is 7.31. The number of fused-ring (bicyclic) bond motifs is 1. The van der Waals surface area contributed by atoms with Crippen LogP contribution >= 0.6 is 0 Å². The van der Waals surface area contributed by atoms with Crippen LogP contribution in [0.15, 0.2) is 18.2 Å². The summed E-state index contributed by atoms with van der Waals surface area (Å²) >= 11 is 0. The monoisotopic (exact) mass is 321 g/mol. The van der Waals surface area contributed by atoms with E-state index < -0.39 is 18.0 Å². The molecular formula is C16H19NO6. The molecule has 1 amide bonds. The molecule has 1 aliphatic heterocycles. The number of esters is 1. The van der Waals surface area contributed by atoms with Gasteiger partial charge in [0.25, 0.3) is 5.91 Å². The smallest absolute Gasteiger partial charge is 0.307 e. The minimum absolute atomic E-state index is 0.0187. The Balaban J connectivity index is 1.77. The summed E-state index contributed by atoms with van der Waals surface area (Å²) in [5, 5.41) is 2.68. The van der Waals surface area contributed by atoms with Crippen LogP contribution in [0, 0.1) is 0 Å². The van der Waals surface area contributed by atoms with Gasteiger partial charge in [-0.3, -0.25) is 9.59 Å². The Labute approximate surface area is 133 Å². The molecule has 1 atom stereocenters. The lowest BCUT2D eigenvalue weighted by Crippen LogP contribution is -2.35. The second-order valence-electron chi connectivity index (χ2n) is 5.24. The highest BCUT2D eigenvalue weighted by molar-refractivity contribution is 5.85. The minimum atomic E-state index is -0.913. The first-order valence-electron chi connectivity index (χ1n) is 7.31. The van der Waals surface area contributed by atoms with E-state index in [9.17, 15) is 14.4 Å². The van der Waals surface area contributed by atoms with Gasteiger partial charge in [0.15, 0.2) is 17.6 Å². The van der Waals surface area contributed by atoms with E-state index in [-0.39, 0.29) is 32.0 Å². The Morgan fingerprint density at radius 3 is 2.70 bits per heavy atom. The maximum atomic E-state index is 11.9. The first-order chi connectivity index (χ1) is 11.0. The van der Waals surface area contributed by atoms with E-state index in [1.165, 1.54) is 13.8 Å². The standard InChI is InChI=1S/C16H19NO6/c1-10(18)3-6-15(19)23-11(2)16(20)17-8-12-4-5-13-14(7-12)22-9-21-13/h4-5,7,11H,3,6,8-9H2,1-2H3,(H,17,20)/t11-/m0/s1. The van der Waals surface area contributed by atoms with Crippen molar-refractivity contribution < 1.29 is 28.6 Å². The maximum Gasteiger partial charge on any atom is 0.307 e. The number of benzene rings is 1. The first kappa shape index (κ1) is 16.8. The Kier molecular flexibility index (Phi) is 5.56. The van der Waals surface area contributed by atoms with E-state index in [1.807, 2.05) is 6.07 Å². The molecule has 1 aromatic rings. The molecule has 2 rings (SSSR count). The molecule has 0 bridgehead atoms. The molecule has 1 aromatic carbocycles. The SMILES string of the molecule is CC(=O)CCC(=O)O[C@@H](C)C(=O)NCc1ccc2c(c1)OCO2. The summed E-state index contributed by atoms with van der Waals surface area (Å²) in [4.78, 5) is 34.2. The number of ketones is 1. The zero-order valence-corrected chi connectivity index (χ0v) is 13.1. The highest BCUT2D eigenvalue weighted by atomic mass is 16.7. The molecule has 0 aromatic heterocycles. The second kappa shape index (κ2) is 7.62. The molecule has 124 valence electrons. The van der Waals surface area contributed by atoms with Gasteiger partial charge in [0, 0.05) is 13.0 Å². The van der Waals surface area contributed by atoms with Crippen molar-refractivity contribution in [2.24, 2.45) is 0 Å². The molecule has 0 saturated heterocycles. The van der Waals surface area contributed by atoms with Crippen LogP contribution < -0.4 is 14.8 Å². The third kappa shape index (κ3) is 4.98. The summed E-state index contributed by atoms with van der Waals surface area (Å²) in [6, 6.07) is 5.37. The number of Topliss-reactive ketones (excluding diaryl/α,β-unsaturated/α-hetero) is 1. The highest BCUT2D eigenvalue weighted by Gasteiger charge is 2.18. The van der Waals surface area contributed by atoms with Gasteiger partial charge < -0.3 is 24.3 Å². The van der Waals surface area contributed by atoms with Gasteiger partial charge in [-0.25, -0.2) is 0 Å². The Hall–Kier alpha value is -2.57. The summed E-state index contributed by atoms with van der Waals surface area (Å²) in [7, 11) is 0. The van der Waals surface area contributed by atoms with Gasteiger partial charge in [-0.2, -0.15) is 0 Å². The Bertz CT molecular complexity index is 613. The maximum absolute atomic E-state index is 11.9. The van der Waals surface area contributed by atoms with Gasteiger partial charge in [0.1, 0.15) is 5.78 Å². The van der Waals surface area contributed by atoms with E-state index in [1.54, 1.807) is 12.1 Å². The summed E-state index contributed by atoms with van der Waals surface area (Å²) in [6.07, 6.45) is -0.817. The fraction of sp³-hybridized carbons (Fsp3) is 0.438. The van der Waals surface area contributed by atoms with Crippen LogP contribution in [-0.2, 0) is 25.7 Å². The lowest BCUT2D eigenvalue weighted by molar-refractivity contribution is -0.155. The van der Waals surface area contributed by atoms with E-state index in [2.05, 4.69) is 5.32 Å². The molecule has 0 saturated carbocycles. The van der Waals surface area contributed by atoms with Gasteiger partial charge in [-0.05, 0) is 31.5 Å². The summed E-state index contributed by atoms with van der Waals surface area (Å²) in [6.45, 7) is 3.36. The number of carbonyl (C=O) groups is 3. The molecule has 1 aliphatic rings. The predicted octanol–water partition coefficient (Wildman–Crippen LogP) is 1.33. The lowest BCUT2D eigenvalue weighted by Gasteiger charge is -2.13. The molecule has 7 nitrogen and oxygen atoms in total. The molecule has 0 aliphatic carbocycles. The fourth-order valence-electron chi connectivity index (χ4n) is 1.97. The zero-order valence-electron chi connectivity index (χ0n) is 13.1. The molecule has 0 fully saturated rings. The van der Waals surface area contributed by atoms with Gasteiger partial charge in [0.05, 0.1) is 6.42 Å². The number of hydrogen-bond donors (Lipinski definition) is 1. The molecule has 7 heteroatoms. The topological polar surface area (TPSA) is 90.9 Å². The quantitative estimate of drug-likeness (QED) is 0.762. The lowest BCUT2D eigenvalue weighted by atomic mass is 10.2.